The number of hydrogen-bond donors (Lipinski definition) is 2. The van der Waals surface area contributed by atoms with E-state index in [-0.39, 0.29) is 11.4 Å². The van der Waals surface area contributed by atoms with Crippen LogP contribution in [-0.2, 0) is 9.59 Å². The fraction of sp³-hybridized carbons (Fsp3) is 0.188. The number of aromatic nitrogens is 1. The van der Waals surface area contributed by atoms with Gasteiger partial charge in [-0.3, -0.25) is 14.6 Å². The zero-order chi connectivity index (χ0) is 17.5. The average Bonchev–Trinajstić information content (AvgIpc) is 2.56. The Morgan fingerprint density at radius 1 is 1.08 bits per heavy atom. The van der Waals surface area contributed by atoms with Gasteiger partial charge in [0.1, 0.15) is 5.75 Å². The van der Waals surface area contributed by atoms with E-state index in [1.807, 2.05) is 0 Å². The highest BCUT2D eigenvalue weighted by Gasteiger charge is 2.19. The number of rotatable bonds is 5. The maximum Gasteiger partial charge on any atom is 0.387 e. The van der Waals surface area contributed by atoms with Crippen LogP contribution in [-0.4, -0.2) is 23.4 Å². The van der Waals surface area contributed by atoms with Crippen LogP contribution >= 0.6 is 0 Å². The van der Waals surface area contributed by atoms with Gasteiger partial charge in [-0.1, -0.05) is 12.1 Å². The first-order valence-corrected chi connectivity index (χ1v) is 7.03. The molecule has 1 unspecified atom stereocenters. The van der Waals surface area contributed by atoms with Gasteiger partial charge in [0.25, 0.3) is 0 Å². The zero-order valence-electron chi connectivity index (χ0n) is 12.7. The van der Waals surface area contributed by atoms with Crippen molar-refractivity contribution in [2.45, 2.75) is 19.6 Å². The van der Waals surface area contributed by atoms with Crippen molar-refractivity contribution < 1.29 is 23.1 Å². The Morgan fingerprint density at radius 2 is 1.75 bits per heavy atom. The molecule has 8 heteroatoms. The van der Waals surface area contributed by atoms with E-state index in [2.05, 4.69) is 20.4 Å². The van der Waals surface area contributed by atoms with Crippen LogP contribution in [0.1, 0.15) is 18.5 Å². The molecule has 2 amide bonds. The molecule has 6 nitrogen and oxygen atoms in total. The summed E-state index contributed by atoms with van der Waals surface area (Å²) >= 11 is 0. The first-order chi connectivity index (χ1) is 11.5. The Hall–Kier alpha value is -3.03. The maximum atomic E-state index is 12.3. The number of hydrogen-bond acceptors (Lipinski definition) is 4. The van der Waals surface area contributed by atoms with E-state index >= 15 is 0 Å². The fourth-order valence-electron chi connectivity index (χ4n) is 1.95. The summed E-state index contributed by atoms with van der Waals surface area (Å²) in [5, 5.41) is 4.76. The van der Waals surface area contributed by atoms with Crippen molar-refractivity contribution >= 4 is 17.5 Å². The molecule has 0 fully saturated rings. The van der Waals surface area contributed by atoms with E-state index in [4.69, 9.17) is 0 Å². The quantitative estimate of drug-likeness (QED) is 0.823. The van der Waals surface area contributed by atoms with E-state index < -0.39 is 24.5 Å². The van der Waals surface area contributed by atoms with E-state index in [1.165, 1.54) is 24.3 Å². The second kappa shape index (κ2) is 8.00. The van der Waals surface area contributed by atoms with E-state index in [0.29, 0.717) is 0 Å². The van der Waals surface area contributed by atoms with Crippen molar-refractivity contribution in [3.05, 3.63) is 54.4 Å². The van der Waals surface area contributed by atoms with Crippen molar-refractivity contribution in [2.75, 3.05) is 5.32 Å². The molecular formula is C16H15F2N3O3. The number of ether oxygens (including phenoxy) is 1. The SMILES string of the molecule is CC(NC(=O)C(=O)Nc1ccccc1OC(F)F)c1ccncc1. The van der Waals surface area contributed by atoms with Crippen molar-refractivity contribution in [3.63, 3.8) is 0 Å². The summed E-state index contributed by atoms with van der Waals surface area (Å²) < 4.78 is 29.0. The smallest absolute Gasteiger partial charge is 0.387 e. The van der Waals surface area contributed by atoms with Crippen molar-refractivity contribution in [3.8, 4) is 5.75 Å². The number of halogens is 2. The Bertz CT molecular complexity index is 711. The molecule has 0 spiro atoms. The van der Waals surface area contributed by atoms with Gasteiger partial charge in [0.15, 0.2) is 0 Å². The van der Waals surface area contributed by atoms with Gasteiger partial charge in [-0.15, -0.1) is 0 Å². The number of anilines is 1. The summed E-state index contributed by atoms with van der Waals surface area (Å²) in [7, 11) is 0. The highest BCUT2D eigenvalue weighted by Crippen LogP contribution is 2.25. The zero-order valence-corrected chi connectivity index (χ0v) is 12.7. The van der Waals surface area contributed by atoms with E-state index in [9.17, 15) is 18.4 Å². The maximum absolute atomic E-state index is 12.3. The monoisotopic (exact) mass is 335 g/mol. The lowest BCUT2D eigenvalue weighted by Crippen LogP contribution is -2.37. The average molecular weight is 335 g/mol. The molecule has 0 bridgehead atoms. The summed E-state index contributed by atoms with van der Waals surface area (Å²) in [5.74, 6) is -2.11. The Balaban J connectivity index is 2.01. The molecular weight excluding hydrogens is 320 g/mol. The molecule has 2 rings (SSSR count). The number of benzene rings is 1. The van der Waals surface area contributed by atoms with Crippen LogP contribution in [0.25, 0.3) is 0 Å². The van der Waals surface area contributed by atoms with Gasteiger partial charge in [0.05, 0.1) is 11.7 Å². The van der Waals surface area contributed by atoms with Gasteiger partial charge in [-0.25, -0.2) is 0 Å². The third kappa shape index (κ3) is 4.73. The number of alkyl halides is 2. The first kappa shape index (κ1) is 17.3. The molecule has 0 aliphatic rings. The summed E-state index contributed by atoms with van der Waals surface area (Å²) in [6.45, 7) is -1.34. The van der Waals surface area contributed by atoms with Crippen molar-refractivity contribution in [2.24, 2.45) is 0 Å². The highest BCUT2D eigenvalue weighted by atomic mass is 19.3. The van der Waals surface area contributed by atoms with Crippen LogP contribution < -0.4 is 15.4 Å². The molecule has 0 radical (unpaired) electrons. The topological polar surface area (TPSA) is 80.3 Å². The lowest BCUT2D eigenvalue weighted by atomic mass is 10.1. The molecule has 24 heavy (non-hydrogen) atoms. The summed E-state index contributed by atoms with van der Waals surface area (Å²) in [6.07, 6.45) is 3.13. The summed E-state index contributed by atoms with van der Waals surface area (Å²) in [6, 6.07) is 8.60. The van der Waals surface area contributed by atoms with Crippen LogP contribution in [0.15, 0.2) is 48.8 Å². The second-order valence-electron chi connectivity index (χ2n) is 4.80. The molecule has 126 valence electrons. The van der Waals surface area contributed by atoms with Gasteiger partial charge in [-0.05, 0) is 36.8 Å². The number of pyridine rings is 1. The highest BCUT2D eigenvalue weighted by molar-refractivity contribution is 6.39. The molecule has 2 N–H and O–H groups in total. The number of nitrogens with one attached hydrogen (secondary N) is 2. The standard InChI is InChI=1S/C16H15F2N3O3/c1-10(11-6-8-19-9-7-11)20-14(22)15(23)21-12-4-2-3-5-13(12)24-16(17)18/h2-10,16H,1H3,(H,20,22)(H,21,23). The lowest BCUT2D eigenvalue weighted by Gasteiger charge is -2.15. The van der Waals surface area contributed by atoms with Gasteiger partial charge in [0.2, 0.25) is 0 Å². The Morgan fingerprint density at radius 3 is 2.42 bits per heavy atom. The molecule has 0 saturated carbocycles. The minimum atomic E-state index is -3.04. The fourth-order valence-corrected chi connectivity index (χ4v) is 1.95. The van der Waals surface area contributed by atoms with Gasteiger partial charge in [-0.2, -0.15) is 8.78 Å². The van der Waals surface area contributed by atoms with Crippen LogP contribution in [0.3, 0.4) is 0 Å². The predicted molar refractivity (Wildman–Crippen MR) is 82.5 cm³/mol. The van der Waals surface area contributed by atoms with Gasteiger partial charge >= 0.3 is 18.4 Å². The van der Waals surface area contributed by atoms with Gasteiger partial charge in [0, 0.05) is 12.4 Å². The summed E-state index contributed by atoms with van der Waals surface area (Å²) in [5.41, 5.74) is 0.752. The third-order valence-electron chi connectivity index (χ3n) is 3.11. The van der Waals surface area contributed by atoms with Crippen LogP contribution in [0.5, 0.6) is 5.75 Å². The molecule has 1 aromatic carbocycles. The summed E-state index contributed by atoms with van der Waals surface area (Å²) in [4.78, 5) is 27.7. The Kier molecular flexibility index (Phi) is 5.78. The molecule has 1 aromatic heterocycles. The molecule has 0 aliphatic heterocycles. The predicted octanol–water partition coefficient (Wildman–Crippen LogP) is 2.50. The van der Waals surface area contributed by atoms with Crippen LogP contribution in [0, 0.1) is 0 Å². The molecule has 2 aromatic rings. The lowest BCUT2D eigenvalue weighted by molar-refractivity contribution is -0.136. The second-order valence-corrected chi connectivity index (χ2v) is 4.80. The Labute approximate surface area is 136 Å². The largest absolute Gasteiger partial charge is 0.433 e. The van der Waals surface area contributed by atoms with Crippen LogP contribution in [0.4, 0.5) is 14.5 Å². The molecule has 1 atom stereocenters. The minimum absolute atomic E-state index is 0.0190. The van der Waals surface area contributed by atoms with Crippen molar-refractivity contribution in [1.82, 2.24) is 10.3 Å². The molecule has 0 aliphatic carbocycles. The number of amides is 2. The normalized spacial score (nSPS) is 11.7. The molecule has 1 heterocycles. The minimum Gasteiger partial charge on any atom is -0.433 e. The van der Waals surface area contributed by atoms with E-state index in [1.54, 1.807) is 31.5 Å². The van der Waals surface area contributed by atoms with Crippen LogP contribution in [0.2, 0.25) is 0 Å². The van der Waals surface area contributed by atoms with Crippen molar-refractivity contribution in [1.29, 1.82) is 0 Å². The number of nitrogens with zero attached hydrogens (tertiary/aromatic N) is 1. The van der Waals surface area contributed by atoms with Gasteiger partial charge < -0.3 is 15.4 Å². The van der Waals surface area contributed by atoms with E-state index in [0.717, 1.165) is 5.56 Å². The first-order valence-electron chi connectivity index (χ1n) is 7.03. The number of carbonyl (C=O) groups is 2. The number of para-hydroxylation sites is 2. The third-order valence-corrected chi connectivity index (χ3v) is 3.11. The number of carbonyl (C=O) groups excluding carboxylic acids is 2. The molecule has 0 saturated heterocycles.